The lowest BCUT2D eigenvalue weighted by atomic mass is 10.1. The van der Waals surface area contributed by atoms with Crippen LogP contribution in [0.2, 0.25) is 0 Å². The van der Waals surface area contributed by atoms with Gasteiger partial charge in [0.15, 0.2) is 12.3 Å². The van der Waals surface area contributed by atoms with Crippen LogP contribution in [0, 0.1) is 6.92 Å². The molecule has 0 saturated heterocycles. The van der Waals surface area contributed by atoms with E-state index in [1.165, 1.54) is 29.5 Å². The number of furan rings is 1. The fourth-order valence-electron chi connectivity index (χ4n) is 3.26. The molecule has 2 aromatic heterocycles. The van der Waals surface area contributed by atoms with E-state index < -0.39 is 18.5 Å². The fourth-order valence-corrected chi connectivity index (χ4v) is 4.06. The predicted octanol–water partition coefficient (Wildman–Crippen LogP) is 4.46. The van der Waals surface area contributed by atoms with Gasteiger partial charge in [-0.2, -0.15) is 0 Å². The number of aromatic nitrogens is 1. The van der Waals surface area contributed by atoms with Gasteiger partial charge in [0.1, 0.15) is 10.8 Å². The molecule has 4 aromatic rings. The van der Waals surface area contributed by atoms with Crippen molar-refractivity contribution in [1.29, 1.82) is 0 Å². The Morgan fingerprint density at radius 1 is 1.06 bits per heavy atom. The molecule has 0 fully saturated rings. The summed E-state index contributed by atoms with van der Waals surface area (Å²) in [6.07, 6.45) is 1.53. The van der Waals surface area contributed by atoms with Gasteiger partial charge in [0, 0.05) is 18.0 Å². The normalized spacial score (nSPS) is 10.6. The number of esters is 1. The molecule has 0 radical (unpaired) electrons. The molecule has 4 rings (SSSR count). The first-order valence-corrected chi connectivity index (χ1v) is 11.7. The predicted molar refractivity (Wildman–Crippen MR) is 132 cm³/mol. The summed E-state index contributed by atoms with van der Waals surface area (Å²) >= 11 is 1.32. The molecule has 9 heteroatoms. The second-order valence-electron chi connectivity index (χ2n) is 7.71. The maximum atomic E-state index is 12.7. The smallest absolute Gasteiger partial charge is 0.358 e. The minimum atomic E-state index is -0.689. The number of likely N-dealkylation sites (N-methyl/N-ethyl adjacent to an activating group) is 1. The van der Waals surface area contributed by atoms with Crippen molar-refractivity contribution >= 4 is 34.8 Å². The standard InChI is InChI=1S/C26H23N3O5S/c1-17-9-11-18(12-10-17)25-28-21(16-35-25)26(32)34-15-23(30)29(2)22-8-4-3-7-20(22)24(31)27-14-19-6-5-13-33-19/h3-13,16H,14-15H2,1-2H3,(H,27,31). The van der Waals surface area contributed by atoms with Crippen molar-refractivity contribution in [3.8, 4) is 10.6 Å². The second kappa shape index (κ2) is 10.8. The Morgan fingerprint density at radius 3 is 2.57 bits per heavy atom. The Labute approximate surface area is 206 Å². The minimum absolute atomic E-state index is 0.138. The number of ether oxygens (including phenoxy) is 1. The van der Waals surface area contributed by atoms with Crippen LogP contribution in [0.15, 0.2) is 76.7 Å². The molecule has 35 heavy (non-hydrogen) atoms. The third-order valence-electron chi connectivity index (χ3n) is 5.23. The van der Waals surface area contributed by atoms with Crippen LogP contribution in [0.25, 0.3) is 10.6 Å². The van der Waals surface area contributed by atoms with E-state index in [2.05, 4.69) is 10.3 Å². The Kier molecular flexibility index (Phi) is 7.37. The Bertz CT molecular complexity index is 1330. The summed E-state index contributed by atoms with van der Waals surface area (Å²) in [6.45, 7) is 1.72. The van der Waals surface area contributed by atoms with Crippen molar-refractivity contribution in [2.45, 2.75) is 13.5 Å². The molecule has 0 atom stereocenters. The molecule has 178 valence electrons. The van der Waals surface area contributed by atoms with Gasteiger partial charge in [0.25, 0.3) is 11.8 Å². The molecule has 1 N–H and O–H groups in total. The van der Waals surface area contributed by atoms with Gasteiger partial charge in [-0.3, -0.25) is 9.59 Å². The lowest BCUT2D eigenvalue weighted by Crippen LogP contribution is -2.33. The van der Waals surface area contributed by atoms with Gasteiger partial charge in [0.05, 0.1) is 24.1 Å². The van der Waals surface area contributed by atoms with Crippen molar-refractivity contribution in [2.24, 2.45) is 0 Å². The molecule has 0 aliphatic rings. The SMILES string of the molecule is Cc1ccc(-c2nc(C(=O)OCC(=O)N(C)c3ccccc3C(=O)NCc3ccco3)cs2)cc1. The number of amides is 2. The zero-order valence-corrected chi connectivity index (χ0v) is 20.0. The van der Waals surface area contributed by atoms with E-state index in [1.54, 1.807) is 41.8 Å². The summed E-state index contributed by atoms with van der Waals surface area (Å²) in [5.74, 6) is -0.927. The van der Waals surface area contributed by atoms with Crippen LogP contribution in [-0.2, 0) is 16.1 Å². The molecule has 0 bridgehead atoms. The number of thiazole rings is 1. The van der Waals surface area contributed by atoms with Crippen molar-refractivity contribution in [3.05, 3.63) is 94.9 Å². The van der Waals surface area contributed by atoms with E-state index in [0.29, 0.717) is 22.0 Å². The summed E-state index contributed by atoms with van der Waals surface area (Å²) in [7, 11) is 1.52. The fraction of sp³-hybridized carbons (Fsp3) is 0.154. The number of nitrogens with one attached hydrogen (secondary N) is 1. The number of benzene rings is 2. The number of para-hydroxylation sites is 1. The first kappa shape index (κ1) is 23.9. The van der Waals surface area contributed by atoms with Gasteiger partial charge in [-0.25, -0.2) is 9.78 Å². The van der Waals surface area contributed by atoms with Crippen molar-refractivity contribution < 1.29 is 23.5 Å². The maximum Gasteiger partial charge on any atom is 0.358 e. The summed E-state index contributed by atoms with van der Waals surface area (Å²) in [5, 5.41) is 5.05. The van der Waals surface area contributed by atoms with Gasteiger partial charge in [0.2, 0.25) is 0 Å². The molecule has 8 nitrogen and oxygen atoms in total. The highest BCUT2D eigenvalue weighted by molar-refractivity contribution is 7.13. The zero-order valence-electron chi connectivity index (χ0n) is 19.2. The second-order valence-corrected chi connectivity index (χ2v) is 8.57. The monoisotopic (exact) mass is 489 g/mol. The number of hydrogen-bond acceptors (Lipinski definition) is 7. The average molecular weight is 490 g/mol. The maximum absolute atomic E-state index is 12.7. The van der Waals surface area contributed by atoms with Crippen LogP contribution in [-0.4, -0.2) is 36.4 Å². The number of hydrogen-bond donors (Lipinski definition) is 1. The molecule has 0 spiro atoms. The van der Waals surface area contributed by atoms with Crippen LogP contribution in [0.3, 0.4) is 0 Å². The largest absolute Gasteiger partial charge is 0.467 e. The van der Waals surface area contributed by atoms with E-state index >= 15 is 0 Å². The van der Waals surface area contributed by atoms with Gasteiger partial charge < -0.3 is 19.4 Å². The zero-order chi connectivity index (χ0) is 24.8. The molecule has 2 aromatic carbocycles. The number of nitrogens with zero attached hydrogens (tertiary/aromatic N) is 2. The van der Waals surface area contributed by atoms with Crippen LogP contribution >= 0.6 is 11.3 Å². The van der Waals surface area contributed by atoms with Crippen molar-refractivity contribution in [3.63, 3.8) is 0 Å². The lowest BCUT2D eigenvalue weighted by molar-refractivity contribution is -0.121. The van der Waals surface area contributed by atoms with Gasteiger partial charge in [-0.05, 0) is 31.2 Å². The van der Waals surface area contributed by atoms with E-state index in [0.717, 1.165) is 11.1 Å². The van der Waals surface area contributed by atoms with Gasteiger partial charge in [-0.15, -0.1) is 11.3 Å². The molecule has 0 unspecified atom stereocenters. The van der Waals surface area contributed by atoms with E-state index in [9.17, 15) is 14.4 Å². The number of aryl methyl sites for hydroxylation is 1. The first-order chi connectivity index (χ1) is 16.9. The van der Waals surface area contributed by atoms with Gasteiger partial charge in [-0.1, -0.05) is 42.0 Å². The molecule has 0 saturated carbocycles. The molecular weight excluding hydrogens is 466 g/mol. The molecule has 0 aliphatic carbocycles. The number of carbonyl (C=O) groups is 3. The van der Waals surface area contributed by atoms with Crippen LogP contribution < -0.4 is 10.2 Å². The quantitative estimate of drug-likeness (QED) is 0.367. The van der Waals surface area contributed by atoms with E-state index in [-0.39, 0.29) is 18.1 Å². The van der Waals surface area contributed by atoms with Crippen molar-refractivity contribution in [1.82, 2.24) is 10.3 Å². The summed E-state index contributed by atoms with van der Waals surface area (Å²) in [5.41, 5.74) is 2.87. The Morgan fingerprint density at radius 2 is 1.83 bits per heavy atom. The number of rotatable bonds is 8. The van der Waals surface area contributed by atoms with Crippen molar-refractivity contribution in [2.75, 3.05) is 18.6 Å². The molecule has 2 heterocycles. The van der Waals surface area contributed by atoms with E-state index in [4.69, 9.17) is 9.15 Å². The lowest BCUT2D eigenvalue weighted by Gasteiger charge is -2.20. The molecular formula is C26H23N3O5S. The number of anilines is 1. The average Bonchev–Trinajstić information content (AvgIpc) is 3.58. The molecule has 0 aliphatic heterocycles. The Hall–Kier alpha value is -4.24. The van der Waals surface area contributed by atoms with Crippen LogP contribution in [0.1, 0.15) is 32.2 Å². The minimum Gasteiger partial charge on any atom is -0.467 e. The molecule has 2 amide bonds. The summed E-state index contributed by atoms with van der Waals surface area (Å²) in [4.78, 5) is 43.5. The third-order valence-corrected chi connectivity index (χ3v) is 6.12. The third kappa shape index (κ3) is 5.82. The van der Waals surface area contributed by atoms with Crippen LogP contribution in [0.4, 0.5) is 5.69 Å². The highest BCUT2D eigenvalue weighted by Gasteiger charge is 2.21. The summed E-state index contributed by atoms with van der Waals surface area (Å²) < 4.78 is 10.4. The summed E-state index contributed by atoms with van der Waals surface area (Å²) in [6, 6.07) is 18.0. The highest BCUT2D eigenvalue weighted by Crippen LogP contribution is 2.24. The first-order valence-electron chi connectivity index (χ1n) is 10.8. The topological polar surface area (TPSA) is 102 Å². The Balaban J connectivity index is 1.37. The highest BCUT2D eigenvalue weighted by atomic mass is 32.1. The van der Waals surface area contributed by atoms with E-state index in [1.807, 2.05) is 31.2 Å². The van der Waals surface area contributed by atoms with Crippen LogP contribution in [0.5, 0.6) is 0 Å². The number of carbonyl (C=O) groups excluding carboxylic acids is 3. The van der Waals surface area contributed by atoms with Gasteiger partial charge >= 0.3 is 5.97 Å².